The normalized spacial score (nSPS) is 11.7. The van der Waals surface area contributed by atoms with Crippen LogP contribution >= 0.6 is 0 Å². The van der Waals surface area contributed by atoms with Gasteiger partial charge in [0.15, 0.2) is 0 Å². The first-order chi connectivity index (χ1) is 9.19. The first-order valence-corrected chi connectivity index (χ1v) is 6.25. The predicted molar refractivity (Wildman–Crippen MR) is 72.5 cm³/mol. The topological polar surface area (TPSA) is 67.4 Å². The summed E-state index contributed by atoms with van der Waals surface area (Å²) in [6, 6.07) is 8.88. The van der Waals surface area contributed by atoms with Crippen LogP contribution in [0.25, 0.3) is 0 Å². The van der Waals surface area contributed by atoms with Crippen LogP contribution in [0.4, 0.5) is 0 Å². The first kappa shape index (κ1) is 15.2. The first-order valence-electron chi connectivity index (χ1n) is 6.25. The molecule has 0 radical (unpaired) electrons. The number of hydrogen-bond acceptors (Lipinski definition) is 4. The molecule has 5 heteroatoms. The van der Waals surface area contributed by atoms with Gasteiger partial charge in [0.05, 0.1) is 7.11 Å². The number of hydrogen-bond donors (Lipinski definition) is 2. The fraction of sp³-hybridized carbons (Fsp3) is 0.429. The average Bonchev–Trinajstić information content (AvgIpc) is 2.47. The van der Waals surface area contributed by atoms with Crippen molar-refractivity contribution in [1.29, 1.82) is 0 Å². The monoisotopic (exact) mass is 264 g/mol. The molecule has 1 aromatic carbocycles. The van der Waals surface area contributed by atoms with Crippen molar-refractivity contribution in [3.05, 3.63) is 35.9 Å². The van der Waals surface area contributed by atoms with E-state index in [1.54, 1.807) is 7.05 Å². The van der Waals surface area contributed by atoms with E-state index in [9.17, 15) is 9.59 Å². The smallest absolute Gasteiger partial charge is 0.327 e. The van der Waals surface area contributed by atoms with E-state index in [2.05, 4.69) is 10.6 Å². The molecule has 0 saturated carbocycles. The zero-order chi connectivity index (χ0) is 14.1. The summed E-state index contributed by atoms with van der Waals surface area (Å²) in [6.45, 7) is 0.572. The van der Waals surface area contributed by atoms with E-state index in [1.807, 2.05) is 30.3 Å². The lowest BCUT2D eigenvalue weighted by molar-refractivity contribution is -0.143. The fourth-order valence-electron chi connectivity index (χ4n) is 1.72. The minimum atomic E-state index is -0.490. The molecule has 0 aliphatic carbocycles. The van der Waals surface area contributed by atoms with Crippen molar-refractivity contribution >= 4 is 11.9 Å². The molecule has 2 N–H and O–H groups in total. The van der Waals surface area contributed by atoms with Crippen LogP contribution in [0, 0.1) is 0 Å². The van der Waals surface area contributed by atoms with Gasteiger partial charge in [-0.3, -0.25) is 4.79 Å². The quantitative estimate of drug-likeness (QED) is 0.570. The number of nitrogens with one attached hydrogen (secondary N) is 2. The van der Waals surface area contributed by atoms with Crippen LogP contribution in [-0.2, 0) is 14.3 Å². The number of amides is 1. The highest BCUT2D eigenvalue weighted by molar-refractivity contribution is 5.77. The summed E-state index contributed by atoms with van der Waals surface area (Å²) in [5.41, 5.74) is 0.856. The Bertz CT molecular complexity index is 406. The molecule has 0 aromatic heterocycles. The maximum atomic E-state index is 11.7. The predicted octanol–water partition coefficient (Wildman–Crippen LogP) is 1.02. The number of esters is 1. The molecule has 0 heterocycles. The Kier molecular flexibility index (Phi) is 6.60. The summed E-state index contributed by atoms with van der Waals surface area (Å²) in [5, 5.41) is 5.67. The van der Waals surface area contributed by atoms with Gasteiger partial charge in [-0.2, -0.15) is 0 Å². The van der Waals surface area contributed by atoms with Gasteiger partial charge in [0.25, 0.3) is 0 Å². The Hall–Kier alpha value is -1.88. The van der Waals surface area contributed by atoms with Crippen molar-refractivity contribution in [3.8, 4) is 0 Å². The number of carbonyl (C=O) groups excluding carboxylic acids is 2. The Labute approximate surface area is 113 Å². The highest BCUT2D eigenvalue weighted by Gasteiger charge is 2.20. The molecule has 0 saturated heterocycles. The third kappa shape index (κ3) is 5.09. The number of rotatable bonds is 7. The standard InChI is InChI=1S/C14H20N2O3/c1-15-12(17)9-6-10-16-13(14(18)19-2)11-7-4-3-5-8-11/h3-5,7-8,13,16H,6,9-10H2,1-2H3,(H,15,17). The molecular weight excluding hydrogens is 244 g/mol. The zero-order valence-electron chi connectivity index (χ0n) is 11.3. The van der Waals surface area contributed by atoms with Crippen LogP contribution in [0.2, 0.25) is 0 Å². The lowest BCUT2D eigenvalue weighted by atomic mass is 10.1. The van der Waals surface area contributed by atoms with Gasteiger partial charge < -0.3 is 15.4 Å². The molecule has 104 valence electrons. The summed E-state index contributed by atoms with van der Waals surface area (Å²) in [7, 11) is 2.97. The Balaban J connectivity index is 2.52. The third-order valence-electron chi connectivity index (χ3n) is 2.78. The zero-order valence-corrected chi connectivity index (χ0v) is 11.3. The molecular formula is C14H20N2O3. The van der Waals surface area contributed by atoms with Crippen molar-refractivity contribution < 1.29 is 14.3 Å². The second-order valence-electron chi connectivity index (χ2n) is 4.10. The molecule has 1 unspecified atom stereocenters. The van der Waals surface area contributed by atoms with Crippen LogP contribution in [0.1, 0.15) is 24.4 Å². The summed E-state index contributed by atoms with van der Waals surface area (Å²) < 4.78 is 4.79. The van der Waals surface area contributed by atoms with Crippen LogP contribution in [-0.4, -0.2) is 32.6 Å². The molecule has 0 fully saturated rings. The van der Waals surface area contributed by atoms with E-state index < -0.39 is 6.04 Å². The van der Waals surface area contributed by atoms with Crippen molar-refractivity contribution in [3.63, 3.8) is 0 Å². The van der Waals surface area contributed by atoms with E-state index in [1.165, 1.54) is 7.11 Å². The lowest BCUT2D eigenvalue weighted by Crippen LogP contribution is -2.31. The van der Waals surface area contributed by atoms with E-state index >= 15 is 0 Å². The number of carbonyl (C=O) groups is 2. The van der Waals surface area contributed by atoms with E-state index in [0.29, 0.717) is 19.4 Å². The molecule has 1 amide bonds. The Morgan fingerprint density at radius 2 is 1.95 bits per heavy atom. The number of benzene rings is 1. The van der Waals surface area contributed by atoms with Crippen molar-refractivity contribution in [2.75, 3.05) is 20.7 Å². The Morgan fingerprint density at radius 1 is 1.26 bits per heavy atom. The van der Waals surface area contributed by atoms with Crippen molar-refractivity contribution in [2.45, 2.75) is 18.9 Å². The molecule has 1 rings (SSSR count). The van der Waals surface area contributed by atoms with Crippen molar-refractivity contribution in [1.82, 2.24) is 10.6 Å². The number of methoxy groups -OCH3 is 1. The van der Waals surface area contributed by atoms with Crippen LogP contribution < -0.4 is 10.6 Å². The van der Waals surface area contributed by atoms with Gasteiger partial charge in [-0.1, -0.05) is 30.3 Å². The SMILES string of the molecule is CNC(=O)CCCNC(C(=O)OC)c1ccccc1. The summed E-state index contributed by atoms with van der Waals surface area (Å²) >= 11 is 0. The molecule has 0 bridgehead atoms. The molecule has 1 atom stereocenters. The van der Waals surface area contributed by atoms with E-state index in [-0.39, 0.29) is 11.9 Å². The second kappa shape index (κ2) is 8.26. The highest BCUT2D eigenvalue weighted by atomic mass is 16.5. The molecule has 5 nitrogen and oxygen atoms in total. The van der Waals surface area contributed by atoms with Crippen molar-refractivity contribution in [2.24, 2.45) is 0 Å². The van der Waals surface area contributed by atoms with Gasteiger partial charge in [0, 0.05) is 13.5 Å². The lowest BCUT2D eigenvalue weighted by Gasteiger charge is -2.16. The molecule has 0 aliphatic rings. The third-order valence-corrected chi connectivity index (χ3v) is 2.78. The van der Waals surface area contributed by atoms with Gasteiger partial charge in [-0.15, -0.1) is 0 Å². The van der Waals surface area contributed by atoms with Gasteiger partial charge >= 0.3 is 5.97 Å². The summed E-state index contributed by atoms with van der Waals surface area (Å²) in [6.07, 6.45) is 1.10. The molecule has 0 aliphatic heterocycles. The van der Waals surface area contributed by atoms with Crippen LogP contribution in [0.5, 0.6) is 0 Å². The maximum Gasteiger partial charge on any atom is 0.327 e. The van der Waals surface area contributed by atoms with Crippen LogP contribution in [0.15, 0.2) is 30.3 Å². The van der Waals surface area contributed by atoms with E-state index in [4.69, 9.17) is 4.74 Å². The van der Waals surface area contributed by atoms with Gasteiger partial charge in [0.2, 0.25) is 5.91 Å². The maximum absolute atomic E-state index is 11.7. The minimum Gasteiger partial charge on any atom is -0.468 e. The number of ether oxygens (including phenoxy) is 1. The Morgan fingerprint density at radius 3 is 2.53 bits per heavy atom. The molecule has 1 aromatic rings. The average molecular weight is 264 g/mol. The van der Waals surface area contributed by atoms with Gasteiger partial charge in [0.1, 0.15) is 6.04 Å². The molecule has 19 heavy (non-hydrogen) atoms. The highest BCUT2D eigenvalue weighted by Crippen LogP contribution is 2.14. The fourth-order valence-corrected chi connectivity index (χ4v) is 1.72. The van der Waals surface area contributed by atoms with Crippen LogP contribution in [0.3, 0.4) is 0 Å². The summed E-state index contributed by atoms with van der Waals surface area (Å²) in [4.78, 5) is 22.8. The van der Waals surface area contributed by atoms with E-state index in [0.717, 1.165) is 5.56 Å². The minimum absolute atomic E-state index is 0.00358. The largest absolute Gasteiger partial charge is 0.468 e. The summed E-state index contributed by atoms with van der Waals surface area (Å²) in [5.74, 6) is -0.331. The molecule has 0 spiro atoms. The second-order valence-corrected chi connectivity index (χ2v) is 4.10. The van der Waals surface area contributed by atoms with Gasteiger partial charge in [-0.05, 0) is 18.5 Å². The van der Waals surface area contributed by atoms with Gasteiger partial charge in [-0.25, -0.2) is 4.79 Å².